The van der Waals surface area contributed by atoms with Gasteiger partial charge in [-0.15, -0.1) is 0 Å². The Kier molecular flexibility index (Phi) is 7.40. The Bertz CT molecular complexity index is 1630. The number of benzene rings is 2. The highest BCUT2D eigenvalue weighted by Gasteiger charge is 2.37. The van der Waals surface area contributed by atoms with Crippen molar-refractivity contribution in [2.45, 2.75) is 64.8 Å². The molecule has 1 amide bonds. The minimum absolute atomic E-state index is 0. The van der Waals surface area contributed by atoms with Crippen LogP contribution in [0.3, 0.4) is 0 Å². The number of fused-ring (bicyclic) bond motifs is 1. The number of alkyl halides is 3. The van der Waals surface area contributed by atoms with Crippen molar-refractivity contribution in [3.05, 3.63) is 92.8 Å². The van der Waals surface area contributed by atoms with Crippen LogP contribution < -0.4 is 10.9 Å². The second kappa shape index (κ2) is 10.2. The van der Waals surface area contributed by atoms with Gasteiger partial charge in [-0.2, -0.15) is 18.3 Å². The van der Waals surface area contributed by atoms with E-state index in [9.17, 15) is 32.3 Å². The van der Waals surface area contributed by atoms with Crippen LogP contribution in [0, 0.1) is 12.7 Å². The number of hydrogen-bond acceptors (Lipinski definition) is 4. The van der Waals surface area contributed by atoms with E-state index >= 15 is 0 Å². The van der Waals surface area contributed by atoms with E-state index in [4.69, 9.17) is 0 Å². The number of aromatic amines is 1. The van der Waals surface area contributed by atoms with Gasteiger partial charge in [-0.05, 0) is 80.5 Å². The average Bonchev–Trinajstić information content (AvgIpc) is 3.60. The zero-order valence-electron chi connectivity index (χ0n) is 21.4. The van der Waals surface area contributed by atoms with Crippen LogP contribution in [-0.4, -0.2) is 31.2 Å². The Labute approximate surface area is 227 Å². The predicted molar refractivity (Wildman–Crippen MR) is 143 cm³/mol. The van der Waals surface area contributed by atoms with Crippen molar-refractivity contribution >= 4 is 11.4 Å². The molecule has 0 radical (unpaired) electrons. The Hall–Kier alpha value is -3.99. The first kappa shape index (κ1) is 29.0. The van der Waals surface area contributed by atoms with Gasteiger partial charge in [0.15, 0.2) is 5.69 Å². The molecule has 1 atom stereocenters. The van der Waals surface area contributed by atoms with Crippen LogP contribution in [-0.2, 0) is 6.18 Å². The van der Waals surface area contributed by atoms with Gasteiger partial charge in [-0.3, -0.25) is 9.59 Å². The first-order valence-electron chi connectivity index (χ1n) is 12.4. The molecule has 2 heterocycles. The summed E-state index contributed by atoms with van der Waals surface area (Å²) in [6.45, 7) is 4.36. The highest BCUT2D eigenvalue weighted by Crippen LogP contribution is 2.43. The summed E-state index contributed by atoms with van der Waals surface area (Å²) in [5, 5.41) is 18.0. The molecule has 0 saturated heterocycles. The van der Waals surface area contributed by atoms with Crippen molar-refractivity contribution in [1.82, 2.24) is 19.9 Å². The summed E-state index contributed by atoms with van der Waals surface area (Å²) >= 11 is 0. The molecule has 2 aromatic carbocycles. The molecule has 0 unspecified atom stereocenters. The summed E-state index contributed by atoms with van der Waals surface area (Å²) in [4.78, 5) is 29.4. The highest BCUT2D eigenvalue weighted by atomic mass is 19.4. The Balaban J connectivity index is 0.00000370. The standard InChI is InChI=1S/C28H26F4N4O3.CH4/c1-14-12-17(8-11-19(14)28(30,31)32)20-13-36-23(26(38)33-20)21(15-4-5-15)22(35-36)25(37)34-24(27(2,3)39)16-6-9-18(29)10-7-16;/h6-13,15,24,39H,4-5H2,1-3H3,(H,33,38)(H,34,37);1H4/t24-;/m0./s1. The van der Waals surface area contributed by atoms with Gasteiger partial charge in [-0.25, -0.2) is 8.91 Å². The molecular weight excluding hydrogens is 528 g/mol. The number of amides is 1. The van der Waals surface area contributed by atoms with Crippen LogP contribution in [0.4, 0.5) is 17.6 Å². The summed E-state index contributed by atoms with van der Waals surface area (Å²) in [6.07, 6.45) is -1.52. The molecule has 212 valence electrons. The number of carbonyl (C=O) groups is 1. The summed E-state index contributed by atoms with van der Waals surface area (Å²) in [5.41, 5.74) is -0.992. The number of nitrogens with zero attached hydrogens (tertiary/aromatic N) is 2. The van der Waals surface area contributed by atoms with Gasteiger partial charge < -0.3 is 15.4 Å². The van der Waals surface area contributed by atoms with E-state index in [1.807, 2.05) is 0 Å². The topological polar surface area (TPSA) is 99.5 Å². The van der Waals surface area contributed by atoms with Gasteiger partial charge in [-0.1, -0.05) is 25.6 Å². The first-order chi connectivity index (χ1) is 18.2. The fourth-order valence-corrected chi connectivity index (χ4v) is 4.85. The van der Waals surface area contributed by atoms with E-state index in [1.54, 1.807) is 0 Å². The average molecular weight is 559 g/mol. The Morgan fingerprint density at radius 1 is 1.15 bits per heavy atom. The van der Waals surface area contributed by atoms with Gasteiger partial charge in [0.05, 0.1) is 29.1 Å². The summed E-state index contributed by atoms with van der Waals surface area (Å²) in [7, 11) is 0. The predicted octanol–water partition coefficient (Wildman–Crippen LogP) is 5.91. The lowest BCUT2D eigenvalue weighted by Crippen LogP contribution is -2.42. The van der Waals surface area contributed by atoms with Crippen LogP contribution in [0.2, 0.25) is 0 Å². The highest BCUT2D eigenvalue weighted by molar-refractivity contribution is 5.96. The van der Waals surface area contributed by atoms with E-state index in [0.29, 0.717) is 16.7 Å². The largest absolute Gasteiger partial charge is 0.416 e. The van der Waals surface area contributed by atoms with Gasteiger partial charge in [0.1, 0.15) is 11.3 Å². The fourth-order valence-electron chi connectivity index (χ4n) is 4.85. The third-order valence-electron chi connectivity index (χ3n) is 6.89. The maximum absolute atomic E-state index is 13.5. The van der Waals surface area contributed by atoms with Crippen molar-refractivity contribution in [1.29, 1.82) is 0 Å². The summed E-state index contributed by atoms with van der Waals surface area (Å²) < 4.78 is 54.4. The van der Waals surface area contributed by atoms with Crippen molar-refractivity contribution in [2.75, 3.05) is 0 Å². The van der Waals surface area contributed by atoms with Crippen molar-refractivity contribution in [2.24, 2.45) is 0 Å². The van der Waals surface area contributed by atoms with Gasteiger partial charge in [0, 0.05) is 5.56 Å². The van der Waals surface area contributed by atoms with Gasteiger partial charge in [0.2, 0.25) is 0 Å². The Morgan fingerprint density at radius 3 is 2.35 bits per heavy atom. The second-order valence-electron chi connectivity index (χ2n) is 10.5. The van der Waals surface area contributed by atoms with E-state index in [2.05, 4.69) is 15.4 Å². The number of carbonyl (C=O) groups excluding carboxylic acids is 1. The molecule has 3 N–H and O–H groups in total. The zero-order valence-corrected chi connectivity index (χ0v) is 21.4. The molecule has 1 fully saturated rings. The molecular formula is C29H30F4N4O3. The smallest absolute Gasteiger partial charge is 0.388 e. The number of hydrogen-bond donors (Lipinski definition) is 3. The SMILES string of the molecule is C.Cc1cc(-c2cn3nc(C(=O)N[C@@H](c4ccc(F)cc4)C(C)(C)O)c(C4CC4)c3c(=O)[nH]2)ccc1C(F)(F)F. The van der Waals surface area contributed by atoms with Crippen LogP contribution >= 0.6 is 0 Å². The molecule has 4 aromatic rings. The number of aryl methyl sites for hydroxylation is 1. The normalized spacial score (nSPS) is 14.6. The second-order valence-corrected chi connectivity index (χ2v) is 10.5. The minimum Gasteiger partial charge on any atom is -0.388 e. The lowest BCUT2D eigenvalue weighted by molar-refractivity contribution is -0.138. The van der Waals surface area contributed by atoms with Crippen LogP contribution in [0.1, 0.15) is 78.8 Å². The van der Waals surface area contributed by atoms with Crippen molar-refractivity contribution in [3.63, 3.8) is 0 Å². The van der Waals surface area contributed by atoms with E-state index in [0.717, 1.165) is 18.9 Å². The van der Waals surface area contributed by atoms with Gasteiger partial charge >= 0.3 is 6.18 Å². The van der Waals surface area contributed by atoms with E-state index in [1.165, 1.54) is 67.9 Å². The number of H-pyrrole nitrogens is 1. The number of rotatable bonds is 6. The van der Waals surface area contributed by atoms with Crippen molar-refractivity contribution in [3.8, 4) is 11.3 Å². The molecule has 40 heavy (non-hydrogen) atoms. The van der Waals surface area contributed by atoms with Gasteiger partial charge in [0.25, 0.3) is 11.5 Å². The molecule has 7 nitrogen and oxygen atoms in total. The maximum Gasteiger partial charge on any atom is 0.416 e. The third-order valence-corrected chi connectivity index (χ3v) is 6.89. The fraction of sp³-hybridized carbons (Fsp3) is 0.345. The van der Waals surface area contributed by atoms with Crippen LogP contribution in [0.15, 0.2) is 53.5 Å². The Morgan fingerprint density at radius 2 is 1.80 bits per heavy atom. The quantitative estimate of drug-likeness (QED) is 0.256. The minimum atomic E-state index is -4.50. The number of halogens is 4. The molecule has 2 aromatic heterocycles. The lowest BCUT2D eigenvalue weighted by Gasteiger charge is -2.30. The molecule has 11 heteroatoms. The molecule has 5 rings (SSSR count). The first-order valence-corrected chi connectivity index (χ1v) is 12.4. The van der Waals surface area contributed by atoms with Crippen molar-refractivity contribution < 1.29 is 27.5 Å². The summed E-state index contributed by atoms with van der Waals surface area (Å²) in [6, 6.07) is 8.02. The molecule has 0 bridgehead atoms. The molecule has 1 aliphatic carbocycles. The number of aliphatic hydroxyl groups is 1. The molecule has 1 aliphatic rings. The number of aromatic nitrogens is 3. The zero-order chi connectivity index (χ0) is 28.3. The monoisotopic (exact) mass is 558 g/mol. The molecule has 1 saturated carbocycles. The van der Waals surface area contributed by atoms with Crippen LogP contribution in [0.25, 0.3) is 16.8 Å². The van der Waals surface area contributed by atoms with E-state index < -0.39 is 40.7 Å². The number of nitrogens with one attached hydrogen (secondary N) is 2. The molecule has 0 spiro atoms. The van der Waals surface area contributed by atoms with Crippen LogP contribution in [0.5, 0.6) is 0 Å². The lowest BCUT2D eigenvalue weighted by atomic mass is 9.91. The molecule has 0 aliphatic heterocycles. The maximum atomic E-state index is 13.5. The third kappa shape index (κ3) is 5.51. The summed E-state index contributed by atoms with van der Waals surface area (Å²) in [5.74, 6) is -1.15. The van der Waals surface area contributed by atoms with E-state index in [-0.39, 0.29) is 35.8 Å².